The molecule has 1 N–H and O–H groups in total. The molecule has 0 aliphatic carbocycles. The molecule has 1 heterocycles. The van der Waals surface area contributed by atoms with E-state index < -0.39 is 0 Å². The largest absolute Gasteiger partial charge is 0.331 e. The summed E-state index contributed by atoms with van der Waals surface area (Å²) in [6.45, 7) is 11.9. The van der Waals surface area contributed by atoms with Gasteiger partial charge < -0.3 is 14.8 Å². The van der Waals surface area contributed by atoms with Gasteiger partial charge in [0.2, 0.25) is 0 Å². The average molecular weight is 252 g/mol. The summed E-state index contributed by atoms with van der Waals surface area (Å²) in [5.41, 5.74) is 1.27. The predicted octanol–water partition coefficient (Wildman–Crippen LogP) is 2.28. The fourth-order valence-electron chi connectivity index (χ4n) is 1.86. The number of nitrogens with zero attached hydrogens (tertiary/aromatic N) is 3. The van der Waals surface area contributed by atoms with Crippen molar-refractivity contribution in [3.63, 3.8) is 0 Å². The molecule has 0 bridgehead atoms. The van der Waals surface area contributed by atoms with E-state index in [1.165, 1.54) is 12.1 Å². The number of nitrogens with one attached hydrogen (secondary N) is 1. The van der Waals surface area contributed by atoms with Gasteiger partial charge in [-0.3, -0.25) is 0 Å². The topological polar surface area (TPSA) is 33.1 Å². The molecule has 0 fully saturated rings. The second kappa shape index (κ2) is 7.54. The molecule has 4 nitrogen and oxygen atoms in total. The summed E-state index contributed by atoms with van der Waals surface area (Å²) in [5.74, 6) is 0. The summed E-state index contributed by atoms with van der Waals surface area (Å²) in [5, 5.41) is 3.49. The number of rotatable bonds is 8. The third-order valence-electron chi connectivity index (χ3n) is 3.35. The molecule has 1 aromatic heterocycles. The highest BCUT2D eigenvalue weighted by Gasteiger charge is 2.05. The van der Waals surface area contributed by atoms with Crippen LogP contribution in [-0.4, -0.2) is 40.6 Å². The summed E-state index contributed by atoms with van der Waals surface area (Å²) in [6.07, 6.45) is 5.05. The smallest absolute Gasteiger partial charge is 0.0951 e. The fourth-order valence-corrected chi connectivity index (χ4v) is 1.86. The molecular formula is C14H28N4. The van der Waals surface area contributed by atoms with Crippen molar-refractivity contribution in [2.75, 3.05) is 20.1 Å². The normalized spacial score (nSPS) is 12.0. The Balaban J connectivity index is 2.20. The third-order valence-corrected chi connectivity index (χ3v) is 3.35. The summed E-state index contributed by atoms with van der Waals surface area (Å²) < 4.78 is 2.22. The van der Waals surface area contributed by atoms with Gasteiger partial charge in [0, 0.05) is 24.8 Å². The van der Waals surface area contributed by atoms with E-state index in [-0.39, 0.29) is 0 Å². The fraction of sp³-hybridized carbons (Fsp3) is 0.786. The van der Waals surface area contributed by atoms with Crippen LogP contribution in [0.5, 0.6) is 0 Å². The van der Waals surface area contributed by atoms with Crippen molar-refractivity contribution < 1.29 is 0 Å². The molecule has 0 aromatic carbocycles. The standard InChI is InChI=1S/C14H28N4/c1-12(2)17(5)8-6-7-15-9-14-10-16-11-18(14)13(3)4/h10-13,15H,6-9H2,1-5H3. The second-order valence-corrected chi connectivity index (χ2v) is 5.49. The van der Waals surface area contributed by atoms with E-state index in [2.05, 4.69) is 54.5 Å². The van der Waals surface area contributed by atoms with Crippen LogP contribution in [0.1, 0.15) is 45.9 Å². The number of aromatic nitrogens is 2. The zero-order valence-electron chi connectivity index (χ0n) is 12.5. The van der Waals surface area contributed by atoms with E-state index in [9.17, 15) is 0 Å². The summed E-state index contributed by atoms with van der Waals surface area (Å²) in [7, 11) is 2.18. The van der Waals surface area contributed by atoms with Crippen molar-refractivity contribution in [3.8, 4) is 0 Å². The number of hydrogen-bond acceptors (Lipinski definition) is 3. The van der Waals surface area contributed by atoms with Crippen LogP contribution < -0.4 is 5.32 Å². The molecule has 0 unspecified atom stereocenters. The van der Waals surface area contributed by atoms with Gasteiger partial charge in [0.1, 0.15) is 0 Å². The van der Waals surface area contributed by atoms with Crippen molar-refractivity contribution >= 4 is 0 Å². The monoisotopic (exact) mass is 252 g/mol. The zero-order chi connectivity index (χ0) is 13.5. The Kier molecular flexibility index (Phi) is 6.36. The van der Waals surface area contributed by atoms with Gasteiger partial charge in [0.15, 0.2) is 0 Å². The minimum absolute atomic E-state index is 0.483. The maximum absolute atomic E-state index is 4.21. The van der Waals surface area contributed by atoms with Gasteiger partial charge in [-0.2, -0.15) is 0 Å². The Bertz CT molecular complexity index is 330. The Morgan fingerprint density at radius 2 is 2.06 bits per heavy atom. The average Bonchev–Trinajstić information content (AvgIpc) is 2.76. The maximum Gasteiger partial charge on any atom is 0.0951 e. The summed E-state index contributed by atoms with van der Waals surface area (Å²) in [6, 6.07) is 1.11. The minimum Gasteiger partial charge on any atom is -0.331 e. The molecule has 0 atom stereocenters. The Hall–Kier alpha value is -0.870. The van der Waals surface area contributed by atoms with Crippen molar-refractivity contribution in [3.05, 3.63) is 18.2 Å². The van der Waals surface area contributed by atoms with E-state index >= 15 is 0 Å². The van der Waals surface area contributed by atoms with Crippen LogP contribution in [0.4, 0.5) is 0 Å². The molecule has 4 heteroatoms. The van der Waals surface area contributed by atoms with Crippen LogP contribution in [0.3, 0.4) is 0 Å². The lowest BCUT2D eigenvalue weighted by Crippen LogP contribution is -2.29. The van der Waals surface area contributed by atoms with Gasteiger partial charge >= 0.3 is 0 Å². The molecule has 0 radical (unpaired) electrons. The van der Waals surface area contributed by atoms with Crippen LogP contribution in [0.2, 0.25) is 0 Å². The summed E-state index contributed by atoms with van der Waals surface area (Å²) >= 11 is 0. The Labute approximate surface area is 111 Å². The molecule has 0 saturated carbocycles. The highest BCUT2D eigenvalue weighted by molar-refractivity contribution is 4.99. The molecule has 1 aromatic rings. The molecule has 1 rings (SSSR count). The molecule has 0 spiro atoms. The molecule has 0 amide bonds. The van der Waals surface area contributed by atoms with Gasteiger partial charge in [0.25, 0.3) is 0 Å². The van der Waals surface area contributed by atoms with E-state index in [0.717, 1.165) is 19.6 Å². The predicted molar refractivity (Wildman–Crippen MR) is 76.7 cm³/mol. The first-order valence-corrected chi connectivity index (χ1v) is 6.94. The Morgan fingerprint density at radius 3 is 2.67 bits per heavy atom. The lowest BCUT2D eigenvalue weighted by atomic mass is 10.3. The molecular weight excluding hydrogens is 224 g/mol. The van der Waals surface area contributed by atoms with Crippen molar-refractivity contribution in [2.45, 2.75) is 52.7 Å². The van der Waals surface area contributed by atoms with Crippen LogP contribution in [0, 0.1) is 0 Å². The van der Waals surface area contributed by atoms with Crippen molar-refractivity contribution in [1.82, 2.24) is 19.8 Å². The minimum atomic E-state index is 0.483. The number of hydrogen-bond donors (Lipinski definition) is 1. The first-order chi connectivity index (χ1) is 8.52. The molecule has 0 saturated heterocycles. The van der Waals surface area contributed by atoms with Gasteiger partial charge in [-0.25, -0.2) is 4.98 Å². The van der Waals surface area contributed by atoms with E-state index in [4.69, 9.17) is 0 Å². The SMILES string of the molecule is CC(C)N(C)CCCNCc1cncn1C(C)C. The lowest BCUT2D eigenvalue weighted by molar-refractivity contribution is 0.269. The molecule has 0 aliphatic rings. The van der Waals surface area contributed by atoms with Gasteiger partial charge in [0.05, 0.1) is 12.0 Å². The van der Waals surface area contributed by atoms with Crippen LogP contribution in [0.25, 0.3) is 0 Å². The molecule has 104 valence electrons. The second-order valence-electron chi connectivity index (χ2n) is 5.49. The van der Waals surface area contributed by atoms with Gasteiger partial charge in [-0.1, -0.05) is 0 Å². The first-order valence-electron chi connectivity index (χ1n) is 6.94. The third kappa shape index (κ3) is 4.78. The van der Waals surface area contributed by atoms with Crippen LogP contribution in [0.15, 0.2) is 12.5 Å². The van der Waals surface area contributed by atoms with E-state index in [0.29, 0.717) is 12.1 Å². The quantitative estimate of drug-likeness (QED) is 0.721. The zero-order valence-corrected chi connectivity index (χ0v) is 12.5. The van der Waals surface area contributed by atoms with E-state index in [1.807, 2.05) is 12.5 Å². The van der Waals surface area contributed by atoms with E-state index in [1.54, 1.807) is 0 Å². The van der Waals surface area contributed by atoms with Gasteiger partial charge in [-0.05, 0) is 54.3 Å². The Morgan fingerprint density at radius 1 is 1.33 bits per heavy atom. The molecule has 0 aliphatic heterocycles. The maximum atomic E-state index is 4.21. The summed E-state index contributed by atoms with van der Waals surface area (Å²) in [4.78, 5) is 6.58. The highest BCUT2D eigenvalue weighted by atomic mass is 15.1. The first kappa shape index (κ1) is 15.2. The number of imidazole rings is 1. The van der Waals surface area contributed by atoms with Crippen molar-refractivity contribution in [2.24, 2.45) is 0 Å². The van der Waals surface area contributed by atoms with Crippen LogP contribution in [-0.2, 0) is 6.54 Å². The van der Waals surface area contributed by atoms with Gasteiger partial charge in [-0.15, -0.1) is 0 Å². The van der Waals surface area contributed by atoms with Crippen LogP contribution >= 0.6 is 0 Å². The van der Waals surface area contributed by atoms with Crippen molar-refractivity contribution in [1.29, 1.82) is 0 Å². The lowest BCUT2D eigenvalue weighted by Gasteiger charge is -2.20. The highest BCUT2D eigenvalue weighted by Crippen LogP contribution is 2.08. The molecule has 18 heavy (non-hydrogen) atoms.